The number of rotatable bonds is 6. The highest BCUT2D eigenvalue weighted by molar-refractivity contribution is 7.99. The van der Waals surface area contributed by atoms with Crippen molar-refractivity contribution in [1.29, 1.82) is 0 Å². The predicted molar refractivity (Wildman–Crippen MR) is 116 cm³/mol. The quantitative estimate of drug-likeness (QED) is 0.447. The zero-order valence-electron chi connectivity index (χ0n) is 17.0. The molecule has 1 N–H and O–H groups in total. The van der Waals surface area contributed by atoms with Crippen LogP contribution in [0.2, 0.25) is 0 Å². The molecule has 0 amide bonds. The third-order valence-corrected chi connectivity index (χ3v) is 5.95. The lowest BCUT2D eigenvalue weighted by Gasteiger charge is -2.16. The van der Waals surface area contributed by atoms with Crippen LogP contribution in [0, 0.1) is 23.5 Å². The van der Waals surface area contributed by atoms with E-state index in [9.17, 15) is 8.78 Å². The van der Waals surface area contributed by atoms with Gasteiger partial charge in [0.2, 0.25) is 5.82 Å². The highest BCUT2D eigenvalue weighted by Gasteiger charge is 2.20. The largest absolute Gasteiger partial charge is 0.482 e. The lowest BCUT2D eigenvalue weighted by atomic mass is 10.1. The number of thioether (sulfide) groups is 1. The van der Waals surface area contributed by atoms with Crippen LogP contribution in [0.25, 0.3) is 5.69 Å². The maximum absolute atomic E-state index is 14.4. The van der Waals surface area contributed by atoms with Crippen LogP contribution in [0.3, 0.4) is 0 Å². The number of hydrogen-bond acceptors (Lipinski definition) is 6. The molecule has 32 heavy (non-hydrogen) atoms. The van der Waals surface area contributed by atoms with Gasteiger partial charge < -0.3 is 9.84 Å². The van der Waals surface area contributed by atoms with E-state index >= 15 is 0 Å². The molecule has 1 aliphatic rings. The second-order valence-corrected chi connectivity index (χ2v) is 8.15. The molecule has 2 heterocycles. The molecule has 0 saturated carbocycles. The summed E-state index contributed by atoms with van der Waals surface area (Å²) in [6.07, 6.45) is 10.9. The molecule has 0 radical (unpaired) electrons. The molecule has 0 fully saturated rings. The second-order valence-electron chi connectivity index (χ2n) is 6.95. The Morgan fingerprint density at radius 1 is 1.22 bits per heavy atom. The number of halogens is 2. The van der Waals surface area contributed by atoms with Gasteiger partial charge in [0.25, 0.3) is 0 Å². The van der Waals surface area contributed by atoms with E-state index in [1.807, 2.05) is 10.6 Å². The fourth-order valence-electron chi connectivity index (χ4n) is 3.25. The van der Waals surface area contributed by atoms with Gasteiger partial charge in [-0.1, -0.05) is 35.8 Å². The fourth-order valence-corrected chi connectivity index (χ4v) is 4.40. The first-order chi connectivity index (χ1) is 15.7. The van der Waals surface area contributed by atoms with E-state index < -0.39 is 18.2 Å². The van der Waals surface area contributed by atoms with E-state index in [1.165, 1.54) is 12.1 Å². The van der Waals surface area contributed by atoms with Gasteiger partial charge in [-0.3, -0.25) is 9.55 Å². The van der Waals surface area contributed by atoms with Crippen molar-refractivity contribution in [3.63, 3.8) is 0 Å². The van der Waals surface area contributed by atoms with Gasteiger partial charge in [-0.15, -0.1) is 10.2 Å². The molecule has 0 saturated heterocycles. The number of pyridine rings is 1. The maximum Gasteiger partial charge on any atom is 0.201 e. The smallest absolute Gasteiger partial charge is 0.201 e. The Balaban J connectivity index is 1.59. The normalized spacial score (nSPS) is 15.3. The molecule has 4 rings (SSSR count). The van der Waals surface area contributed by atoms with Gasteiger partial charge >= 0.3 is 0 Å². The molecule has 6 nitrogen and oxygen atoms in total. The summed E-state index contributed by atoms with van der Waals surface area (Å²) < 4.78 is 36.0. The number of aromatic nitrogens is 4. The summed E-state index contributed by atoms with van der Waals surface area (Å²) in [5.41, 5.74) is 0.598. The van der Waals surface area contributed by atoms with E-state index in [2.05, 4.69) is 39.2 Å². The molecular weight excluding hydrogens is 434 g/mol. The molecule has 1 aliphatic carbocycles. The average Bonchev–Trinajstić information content (AvgIpc) is 3.23. The third-order valence-electron chi connectivity index (χ3n) is 4.78. The highest BCUT2D eigenvalue weighted by atomic mass is 32.2. The SMILES string of the molecule is OCC#Cc1ccc(OCc2nnc(SC3C=CCCC3)n2-c2cccnc2)c(F)c1F. The van der Waals surface area contributed by atoms with Crippen LogP contribution in [-0.2, 0) is 6.61 Å². The van der Waals surface area contributed by atoms with Crippen molar-refractivity contribution in [2.24, 2.45) is 0 Å². The van der Waals surface area contributed by atoms with Crippen molar-refractivity contribution in [1.82, 2.24) is 19.7 Å². The van der Waals surface area contributed by atoms with E-state index in [-0.39, 0.29) is 23.2 Å². The Hall–Kier alpha value is -3.22. The first-order valence-corrected chi connectivity index (χ1v) is 10.9. The number of aliphatic hydroxyl groups is 1. The van der Waals surface area contributed by atoms with E-state index in [0.29, 0.717) is 11.0 Å². The first kappa shape index (κ1) is 22.0. The van der Waals surface area contributed by atoms with Crippen molar-refractivity contribution in [3.8, 4) is 23.3 Å². The number of ether oxygens (including phenoxy) is 1. The van der Waals surface area contributed by atoms with Crippen LogP contribution in [0.1, 0.15) is 30.7 Å². The zero-order chi connectivity index (χ0) is 22.3. The lowest BCUT2D eigenvalue weighted by Crippen LogP contribution is -2.09. The summed E-state index contributed by atoms with van der Waals surface area (Å²) in [7, 11) is 0. The fraction of sp³-hybridized carbons (Fsp3) is 0.261. The zero-order valence-corrected chi connectivity index (χ0v) is 17.9. The lowest BCUT2D eigenvalue weighted by molar-refractivity contribution is 0.273. The predicted octanol–water partition coefficient (Wildman–Crippen LogP) is 4.06. The van der Waals surface area contributed by atoms with Crippen LogP contribution < -0.4 is 4.74 Å². The van der Waals surface area contributed by atoms with Gasteiger partial charge in [0.15, 0.2) is 22.5 Å². The monoisotopic (exact) mass is 454 g/mol. The Morgan fingerprint density at radius 2 is 2.12 bits per heavy atom. The van der Waals surface area contributed by atoms with Crippen molar-refractivity contribution >= 4 is 11.8 Å². The van der Waals surface area contributed by atoms with Crippen LogP contribution in [-0.4, -0.2) is 36.7 Å². The molecule has 0 aliphatic heterocycles. The molecule has 164 valence electrons. The van der Waals surface area contributed by atoms with Gasteiger partial charge in [-0.2, -0.15) is 4.39 Å². The van der Waals surface area contributed by atoms with Gasteiger partial charge in [-0.05, 0) is 43.5 Å². The molecule has 0 bridgehead atoms. The molecule has 0 spiro atoms. The topological polar surface area (TPSA) is 73.1 Å². The minimum atomic E-state index is -1.15. The molecule has 3 aromatic rings. The molecule has 1 atom stereocenters. The van der Waals surface area contributed by atoms with Crippen LogP contribution >= 0.6 is 11.8 Å². The summed E-state index contributed by atoms with van der Waals surface area (Å²) >= 11 is 1.59. The maximum atomic E-state index is 14.4. The second kappa shape index (κ2) is 10.4. The summed E-state index contributed by atoms with van der Waals surface area (Å²) in [5, 5.41) is 18.2. The van der Waals surface area contributed by atoms with Crippen LogP contribution in [0.4, 0.5) is 8.78 Å². The van der Waals surface area contributed by atoms with Crippen LogP contribution in [0.15, 0.2) is 54.0 Å². The highest BCUT2D eigenvalue weighted by Crippen LogP contribution is 2.31. The van der Waals surface area contributed by atoms with Gasteiger partial charge in [0, 0.05) is 11.4 Å². The standard InChI is InChI=1S/C23H20F2N4O2S/c24-21-16(6-5-13-30)10-11-19(22(21)25)31-15-20-27-28-23(32-18-8-2-1-3-9-18)29(20)17-7-4-12-26-14-17/h2,4,7-8,10-12,14,18,30H,1,3,9,13,15H2. The molecule has 2 aromatic heterocycles. The number of benzene rings is 1. The van der Waals surface area contributed by atoms with Crippen molar-refractivity contribution in [2.45, 2.75) is 36.3 Å². The number of aliphatic hydroxyl groups excluding tert-OH is 1. The Bertz CT molecular complexity index is 1170. The Kier molecular flexibility index (Phi) is 7.14. The van der Waals surface area contributed by atoms with Gasteiger partial charge in [-0.25, -0.2) is 4.39 Å². The molecule has 9 heteroatoms. The first-order valence-electron chi connectivity index (χ1n) is 10.1. The van der Waals surface area contributed by atoms with Crippen molar-refractivity contribution in [3.05, 3.63) is 71.8 Å². The average molecular weight is 455 g/mol. The molecule has 1 aromatic carbocycles. The number of nitrogens with zero attached hydrogens (tertiary/aromatic N) is 4. The summed E-state index contributed by atoms with van der Waals surface area (Å²) in [4.78, 5) is 4.17. The van der Waals surface area contributed by atoms with Gasteiger partial charge in [0.05, 0.1) is 17.4 Å². The van der Waals surface area contributed by atoms with Crippen LogP contribution in [0.5, 0.6) is 5.75 Å². The van der Waals surface area contributed by atoms with Crippen molar-refractivity contribution in [2.75, 3.05) is 6.61 Å². The van der Waals surface area contributed by atoms with Gasteiger partial charge in [0.1, 0.15) is 13.2 Å². The Morgan fingerprint density at radius 3 is 2.88 bits per heavy atom. The molecule has 1 unspecified atom stereocenters. The third kappa shape index (κ3) is 4.98. The van der Waals surface area contributed by atoms with E-state index in [0.717, 1.165) is 24.9 Å². The number of hydrogen-bond donors (Lipinski definition) is 1. The molecular formula is C23H20F2N4O2S. The minimum absolute atomic E-state index is 0.124. The van der Waals surface area contributed by atoms with Crippen molar-refractivity contribution < 1.29 is 18.6 Å². The minimum Gasteiger partial charge on any atom is -0.482 e. The Labute approximate surface area is 188 Å². The van der Waals surface area contributed by atoms with E-state index in [1.54, 1.807) is 30.2 Å². The summed E-state index contributed by atoms with van der Waals surface area (Å²) in [5.74, 6) is 2.56. The van der Waals surface area contributed by atoms with E-state index in [4.69, 9.17) is 9.84 Å². The number of allylic oxidation sites excluding steroid dienone is 1. The summed E-state index contributed by atoms with van der Waals surface area (Å²) in [6, 6.07) is 6.28. The summed E-state index contributed by atoms with van der Waals surface area (Å²) in [6.45, 7) is -0.568.